The van der Waals surface area contributed by atoms with E-state index in [1.54, 1.807) is 0 Å². The minimum atomic E-state index is -4.86. The summed E-state index contributed by atoms with van der Waals surface area (Å²) in [7, 11) is 0. The molecule has 0 spiro atoms. The molecule has 0 amide bonds. The Hall–Kier alpha value is -2.32. The van der Waals surface area contributed by atoms with Crippen molar-refractivity contribution in [2.45, 2.75) is 19.0 Å². The fraction of sp³-hybridized carbons (Fsp3) is 0.417. The van der Waals surface area contributed by atoms with Gasteiger partial charge in [0, 0.05) is 18.3 Å². The third-order valence-corrected chi connectivity index (χ3v) is 3.44. The van der Waals surface area contributed by atoms with Gasteiger partial charge in [0.1, 0.15) is 5.56 Å². The molecule has 0 aliphatic heterocycles. The number of carboxylic acids is 1. The highest BCUT2D eigenvalue weighted by atomic mass is 19.4. The highest BCUT2D eigenvalue weighted by Crippen LogP contribution is 2.46. The van der Waals surface area contributed by atoms with Crippen LogP contribution in [0.4, 0.5) is 24.5 Å². The predicted molar refractivity (Wildman–Crippen MR) is 65.9 cm³/mol. The molecule has 6 nitrogen and oxygen atoms in total. The number of carboxylic acid groups (broad SMARTS) is 1. The second kappa shape index (κ2) is 4.90. The molecule has 2 rings (SSSR count). The van der Waals surface area contributed by atoms with Crippen LogP contribution in [0.2, 0.25) is 0 Å². The smallest absolute Gasteiger partial charge is 0.423 e. The largest absolute Gasteiger partial charge is 0.481 e. The van der Waals surface area contributed by atoms with Crippen LogP contribution in [0, 0.1) is 15.5 Å². The lowest BCUT2D eigenvalue weighted by Gasteiger charge is -2.14. The number of nitrogens with one attached hydrogen (secondary N) is 1. The molecule has 1 saturated carbocycles. The van der Waals surface area contributed by atoms with Gasteiger partial charge in [0.2, 0.25) is 0 Å². The number of hydrogen-bond acceptors (Lipinski definition) is 4. The van der Waals surface area contributed by atoms with Crippen molar-refractivity contribution < 1.29 is 28.0 Å². The number of carbonyl (C=O) groups is 1. The molecule has 1 aromatic carbocycles. The Balaban J connectivity index is 2.22. The molecule has 2 N–H and O–H groups in total. The quantitative estimate of drug-likeness (QED) is 0.644. The Kier molecular flexibility index (Phi) is 3.52. The second-order valence-corrected chi connectivity index (χ2v) is 4.93. The van der Waals surface area contributed by atoms with Crippen molar-refractivity contribution in [3.8, 4) is 0 Å². The van der Waals surface area contributed by atoms with Gasteiger partial charge in [-0.3, -0.25) is 14.9 Å². The van der Waals surface area contributed by atoms with Crippen LogP contribution in [0.3, 0.4) is 0 Å². The maximum atomic E-state index is 12.8. The number of halogens is 3. The van der Waals surface area contributed by atoms with Gasteiger partial charge >= 0.3 is 12.1 Å². The Morgan fingerprint density at radius 1 is 1.43 bits per heavy atom. The lowest BCUT2D eigenvalue weighted by molar-refractivity contribution is -0.388. The SMILES string of the molecule is O=C(O)C1(CNc2ccc([N+](=O)[O-])c(C(F)(F)F)c2)CC1. The van der Waals surface area contributed by atoms with E-state index in [1.165, 1.54) is 0 Å². The van der Waals surface area contributed by atoms with Gasteiger partial charge in [-0.15, -0.1) is 0 Å². The molecular weight excluding hydrogens is 293 g/mol. The summed E-state index contributed by atoms with van der Waals surface area (Å²) in [6.07, 6.45) is -3.95. The minimum absolute atomic E-state index is 0.000417. The minimum Gasteiger partial charge on any atom is -0.481 e. The van der Waals surface area contributed by atoms with E-state index in [1.807, 2.05) is 0 Å². The van der Waals surface area contributed by atoms with E-state index in [9.17, 15) is 28.1 Å². The van der Waals surface area contributed by atoms with Crippen molar-refractivity contribution >= 4 is 17.3 Å². The zero-order valence-electron chi connectivity index (χ0n) is 10.6. The number of aliphatic carboxylic acids is 1. The van der Waals surface area contributed by atoms with Gasteiger partial charge in [-0.2, -0.15) is 13.2 Å². The molecule has 1 aliphatic carbocycles. The molecular formula is C12H11F3N2O4. The summed E-state index contributed by atoms with van der Waals surface area (Å²) in [6, 6.07) is 2.51. The Morgan fingerprint density at radius 3 is 2.48 bits per heavy atom. The van der Waals surface area contributed by atoms with Crippen LogP contribution in [-0.2, 0) is 11.0 Å². The van der Waals surface area contributed by atoms with Gasteiger partial charge < -0.3 is 10.4 Å². The molecule has 1 fully saturated rings. The van der Waals surface area contributed by atoms with Crippen LogP contribution in [0.25, 0.3) is 0 Å². The molecule has 1 aromatic rings. The maximum Gasteiger partial charge on any atom is 0.423 e. The molecule has 114 valence electrons. The number of nitrogens with zero attached hydrogens (tertiary/aromatic N) is 1. The lowest BCUT2D eigenvalue weighted by atomic mass is 10.1. The van der Waals surface area contributed by atoms with Crippen LogP contribution in [0.1, 0.15) is 18.4 Å². The maximum absolute atomic E-state index is 12.8. The van der Waals surface area contributed by atoms with Gasteiger partial charge in [0.25, 0.3) is 5.69 Å². The topological polar surface area (TPSA) is 92.5 Å². The monoisotopic (exact) mass is 304 g/mol. The number of rotatable bonds is 5. The van der Waals surface area contributed by atoms with E-state index in [-0.39, 0.29) is 12.2 Å². The molecule has 21 heavy (non-hydrogen) atoms. The van der Waals surface area contributed by atoms with Crippen LogP contribution in [0.5, 0.6) is 0 Å². The number of alkyl halides is 3. The Bertz CT molecular complexity index is 597. The molecule has 0 saturated heterocycles. The van der Waals surface area contributed by atoms with Crippen molar-refractivity contribution in [1.29, 1.82) is 0 Å². The molecule has 0 heterocycles. The predicted octanol–water partition coefficient (Wildman–Crippen LogP) is 2.89. The van der Waals surface area contributed by atoms with Crippen molar-refractivity contribution in [2.75, 3.05) is 11.9 Å². The van der Waals surface area contributed by atoms with Crippen molar-refractivity contribution in [3.63, 3.8) is 0 Å². The first-order chi connectivity index (χ1) is 9.66. The van der Waals surface area contributed by atoms with E-state index < -0.39 is 33.7 Å². The van der Waals surface area contributed by atoms with E-state index in [0.717, 1.165) is 12.1 Å². The summed E-state index contributed by atoms with van der Waals surface area (Å²) in [6.45, 7) is -0.0164. The zero-order valence-corrected chi connectivity index (χ0v) is 10.6. The van der Waals surface area contributed by atoms with Crippen LogP contribution < -0.4 is 5.32 Å². The molecule has 0 radical (unpaired) electrons. The van der Waals surface area contributed by atoms with Crippen LogP contribution >= 0.6 is 0 Å². The lowest BCUT2D eigenvalue weighted by Crippen LogP contribution is -2.24. The number of nitro groups is 1. The first kappa shape index (κ1) is 15.1. The molecule has 0 aromatic heterocycles. The van der Waals surface area contributed by atoms with Gasteiger partial charge in [-0.25, -0.2) is 0 Å². The van der Waals surface area contributed by atoms with Gasteiger partial charge in [0.05, 0.1) is 10.3 Å². The summed E-state index contributed by atoms with van der Waals surface area (Å²) in [4.78, 5) is 20.5. The summed E-state index contributed by atoms with van der Waals surface area (Å²) < 4.78 is 38.3. The van der Waals surface area contributed by atoms with E-state index >= 15 is 0 Å². The van der Waals surface area contributed by atoms with Crippen LogP contribution in [0.15, 0.2) is 18.2 Å². The third-order valence-electron chi connectivity index (χ3n) is 3.44. The van der Waals surface area contributed by atoms with Crippen molar-refractivity contribution in [1.82, 2.24) is 0 Å². The average Bonchev–Trinajstić information content (AvgIpc) is 3.16. The van der Waals surface area contributed by atoms with Gasteiger partial charge in [-0.05, 0) is 25.0 Å². The first-order valence-electron chi connectivity index (χ1n) is 5.99. The molecule has 0 atom stereocenters. The number of anilines is 1. The summed E-state index contributed by atoms with van der Waals surface area (Å²) >= 11 is 0. The zero-order chi connectivity index (χ0) is 15.8. The fourth-order valence-corrected chi connectivity index (χ4v) is 1.92. The van der Waals surface area contributed by atoms with E-state index in [0.29, 0.717) is 18.9 Å². The highest BCUT2D eigenvalue weighted by Gasteiger charge is 2.50. The second-order valence-electron chi connectivity index (χ2n) is 4.93. The number of benzene rings is 1. The van der Waals surface area contributed by atoms with Gasteiger partial charge in [0.15, 0.2) is 0 Å². The third kappa shape index (κ3) is 3.06. The standard InChI is InChI=1S/C12H11F3N2O4/c13-12(14,15)8-5-7(1-2-9(8)17(20)21)16-6-11(3-4-11)10(18)19/h1-2,5,16H,3-4,6H2,(H,18,19). The summed E-state index contributed by atoms with van der Waals surface area (Å²) in [5, 5.41) is 22.2. The normalized spacial score (nSPS) is 16.3. The fourth-order valence-electron chi connectivity index (χ4n) is 1.92. The molecule has 0 unspecified atom stereocenters. The Labute approximate surface area is 116 Å². The average molecular weight is 304 g/mol. The summed E-state index contributed by atoms with van der Waals surface area (Å²) in [5.41, 5.74) is -3.34. The molecule has 0 bridgehead atoms. The Morgan fingerprint density at radius 2 is 2.05 bits per heavy atom. The van der Waals surface area contributed by atoms with Crippen molar-refractivity contribution in [2.24, 2.45) is 5.41 Å². The van der Waals surface area contributed by atoms with E-state index in [2.05, 4.69) is 5.32 Å². The molecule has 9 heteroatoms. The number of nitro benzene ring substituents is 1. The number of hydrogen-bond donors (Lipinski definition) is 2. The van der Waals surface area contributed by atoms with Gasteiger partial charge in [-0.1, -0.05) is 0 Å². The first-order valence-corrected chi connectivity index (χ1v) is 5.99. The summed E-state index contributed by atoms with van der Waals surface area (Å²) in [5.74, 6) is -1.01. The highest BCUT2D eigenvalue weighted by molar-refractivity contribution is 5.78. The molecule has 1 aliphatic rings. The van der Waals surface area contributed by atoms with Crippen molar-refractivity contribution in [3.05, 3.63) is 33.9 Å². The van der Waals surface area contributed by atoms with E-state index in [4.69, 9.17) is 5.11 Å². The van der Waals surface area contributed by atoms with Crippen LogP contribution in [-0.4, -0.2) is 22.5 Å².